The second-order valence-corrected chi connectivity index (χ2v) is 9.74. The molecule has 1 saturated heterocycles. The molecule has 1 heterocycles. The second-order valence-electron chi connectivity index (χ2n) is 8.96. The van der Waals surface area contributed by atoms with Gasteiger partial charge in [0.15, 0.2) is 0 Å². The molecule has 1 aliphatic carbocycles. The normalized spacial score (nSPS) is 23.5. The predicted octanol–water partition coefficient (Wildman–Crippen LogP) is 5.12. The number of urea groups is 1. The van der Waals surface area contributed by atoms with Crippen LogP contribution in [-0.2, 0) is 0 Å². The van der Waals surface area contributed by atoms with E-state index in [9.17, 15) is 4.79 Å². The van der Waals surface area contributed by atoms with E-state index in [0.717, 1.165) is 50.6 Å². The number of halogens is 2. The van der Waals surface area contributed by atoms with Crippen LogP contribution < -0.4 is 10.2 Å². The Kier molecular flexibility index (Phi) is 8.97. The van der Waals surface area contributed by atoms with E-state index in [-0.39, 0.29) is 6.03 Å². The second kappa shape index (κ2) is 11.4. The van der Waals surface area contributed by atoms with Gasteiger partial charge in [-0.05, 0) is 76.1 Å². The zero-order valence-corrected chi connectivity index (χ0v) is 19.9. The highest BCUT2D eigenvalue weighted by Gasteiger charge is 2.24. The summed E-state index contributed by atoms with van der Waals surface area (Å²) in [6.07, 6.45) is 8.30. The minimum atomic E-state index is 0.0310. The first-order valence-electron chi connectivity index (χ1n) is 11.3. The number of nitrogens with zero attached hydrogens (tertiary/aromatic N) is 3. The Labute approximate surface area is 191 Å². The molecule has 2 fully saturated rings. The van der Waals surface area contributed by atoms with Gasteiger partial charge in [-0.25, -0.2) is 4.79 Å². The molecule has 0 unspecified atom stereocenters. The Balaban J connectivity index is 1.43. The van der Waals surface area contributed by atoms with Crippen molar-refractivity contribution in [3.63, 3.8) is 0 Å². The van der Waals surface area contributed by atoms with Gasteiger partial charge in [0.25, 0.3) is 0 Å². The molecule has 168 valence electrons. The van der Waals surface area contributed by atoms with Gasteiger partial charge < -0.3 is 20.0 Å². The lowest BCUT2D eigenvalue weighted by Gasteiger charge is -2.34. The third kappa shape index (κ3) is 6.66. The minimum absolute atomic E-state index is 0.0310. The van der Waals surface area contributed by atoms with Crippen LogP contribution in [0.5, 0.6) is 0 Å². The third-order valence-electron chi connectivity index (χ3n) is 6.54. The molecule has 3 rings (SSSR count). The average Bonchev–Trinajstić information content (AvgIpc) is 2.71. The topological polar surface area (TPSA) is 38.8 Å². The van der Waals surface area contributed by atoms with E-state index in [4.69, 9.17) is 23.2 Å². The largest absolute Gasteiger partial charge is 0.369 e. The number of nitrogens with one attached hydrogen (secondary N) is 1. The number of hydrogen-bond acceptors (Lipinski definition) is 3. The predicted molar refractivity (Wildman–Crippen MR) is 127 cm³/mol. The van der Waals surface area contributed by atoms with Gasteiger partial charge in [0.1, 0.15) is 0 Å². The maximum atomic E-state index is 11.8. The fraction of sp³-hybridized carbons (Fsp3) is 0.696. The van der Waals surface area contributed by atoms with E-state index in [1.807, 2.05) is 12.1 Å². The lowest BCUT2D eigenvalue weighted by molar-refractivity contribution is 0.195. The van der Waals surface area contributed by atoms with Crippen LogP contribution in [0.15, 0.2) is 18.2 Å². The van der Waals surface area contributed by atoms with Crippen LogP contribution in [0.25, 0.3) is 0 Å². The maximum Gasteiger partial charge on any atom is 0.317 e. The summed E-state index contributed by atoms with van der Waals surface area (Å²) in [4.78, 5) is 18.5. The number of anilines is 1. The molecule has 1 saturated carbocycles. The summed E-state index contributed by atoms with van der Waals surface area (Å²) in [6.45, 7) is 5.44. The molecule has 0 bridgehead atoms. The van der Waals surface area contributed by atoms with Crippen LogP contribution in [0.4, 0.5) is 10.5 Å². The quantitative estimate of drug-likeness (QED) is 0.670. The molecule has 1 aliphatic heterocycles. The SMILES string of the molecule is CN(C)C(=O)N[C@H]1CC[C@H](CCN2CCCCN(c3cccc(Cl)c3Cl)CC2)CC1. The van der Waals surface area contributed by atoms with Crippen molar-refractivity contribution in [3.05, 3.63) is 28.2 Å². The van der Waals surface area contributed by atoms with E-state index >= 15 is 0 Å². The summed E-state index contributed by atoms with van der Waals surface area (Å²) in [5.41, 5.74) is 1.06. The van der Waals surface area contributed by atoms with Gasteiger partial charge in [-0.3, -0.25) is 0 Å². The van der Waals surface area contributed by atoms with Gasteiger partial charge in [0.2, 0.25) is 0 Å². The molecule has 30 heavy (non-hydrogen) atoms. The van der Waals surface area contributed by atoms with E-state index in [0.29, 0.717) is 16.1 Å². The Hall–Kier alpha value is -1.17. The third-order valence-corrected chi connectivity index (χ3v) is 7.35. The number of rotatable bonds is 5. The fourth-order valence-corrected chi connectivity index (χ4v) is 5.00. The van der Waals surface area contributed by atoms with Gasteiger partial charge in [-0.1, -0.05) is 29.3 Å². The first-order chi connectivity index (χ1) is 14.4. The summed E-state index contributed by atoms with van der Waals surface area (Å²) < 4.78 is 0. The number of carbonyl (C=O) groups excluding carboxylic acids is 1. The minimum Gasteiger partial charge on any atom is -0.369 e. The zero-order chi connectivity index (χ0) is 21.5. The van der Waals surface area contributed by atoms with Crippen LogP contribution in [0.3, 0.4) is 0 Å². The lowest BCUT2D eigenvalue weighted by atomic mass is 9.84. The molecular weight excluding hydrogens is 419 g/mol. The molecule has 1 aromatic carbocycles. The van der Waals surface area contributed by atoms with Crippen molar-refractivity contribution in [2.75, 3.05) is 51.7 Å². The van der Waals surface area contributed by atoms with Crippen molar-refractivity contribution in [1.29, 1.82) is 0 Å². The highest BCUT2D eigenvalue weighted by molar-refractivity contribution is 6.43. The van der Waals surface area contributed by atoms with Gasteiger partial charge in [0, 0.05) is 39.8 Å². The number of benzene rings is 1. The van der Waals surface area contributed by atoms with Crippen LogP contribution in [0.1, 0.15) is 44.9 Å². The Morgan fingerprint density at radius 3 is 2.53 bits per heavy atom. The first kappa shape index (κ1) is 23.5. The first-order valence-corrected chi connectivity index (χ1v) is 12.1. The van der Waals surface area contributed by atoms with Gasteiger partial charge in [0.05, 0.1) is 15.7 Å². The summed E-state index contributed by atoms with van der Waals surface area (Å²) in [6, 6.07) is 6.28. The summed E-state index contributed by atoms with van der Waals surface area (Å²) in [5.74, 6) is 0.779. The summed E-state index contributed by atoms with van der Waals surface area (Å²) in [7, 11) is 3.59. The van der Waals surface area contributed by atoms with Gasteiger partial charge >= 0.3 is 6.03 Å². The fourth-order valence-electron chi connectivity index (χ4n) is 4.59. The van der Waals surface area contributed by atoms with E-state index in [2.05, 4.69) is 21.2 Å². The molecule has 0 radical (unpaired) electrons. The average molecular weight is 455 g/mol. The smallest absolute Gasteiger partial charge is 0.317 e. The standard InChI is InChI=1S/C23H36Cl2N4O/c1-27(2)23(30)26-19-10-8-18(9-11-19)12-15-28-13-3-4-14-29(17-16-28)21-7-5-6-20(24)22(21)25/h5-7,18-19H,3-4,8-17H2,1-2H3,(H,26,30)/t18-,19-. The molecular formula is C23H36Cl2N4O. The van der Waals surface area contributed by atoms with Crippen LogP contribution in [0, 0.1) is 5.92 Å². The summed E-state index contributed by atoms with van der Waals surface area (Å²) >= 11 is 12.7. The Morgan fingerprint density at radius 1 is 1.07 bits per heavy atom. The number of carbonyl (C=O) groups is 1. The monoisotopic (exact) mass is 454 g/mol. The molecule has 0 aromatic heterocycles. The molecule has 2 amide bonds. The van der Waals surface area contributed by atoms with Crippen molar-refractivity contribution >= 4 is 34.9 Å². The van der Waals surface area contributed by atoms with E-state index in [1.165, 1.54) is 38.6 Å². The number of hydrogen-bond donors (Lipinski definition) is 1. The van der Waals surface area contributed by atoms with Crippen molar-refractivity contribution in [2.24, 2.45) is 5.92 Å². The molecule has 5 nitrogen and oxygen atoms in total. The maximum absolute atomic E-state index is 11.8. The van der Waals surface area contributed by atoms with Crippen LogP contribution >= 0.6 is 23.2 Å². The Morgan fingerprint density at radius 2 is 1.80 bits per heavy atom. The molecule has 7 heteroatoms. The molecule has 1 aromatic rings. The summed E-state index contributed by atoms with van der Waals surface area (Å²) in [5, 5.41) is 4.44. The highest BCUT2D eigenvalue weighted by atomic mass is 35.5. The van der Waals surface area contributed by atoms with Crippen molar-refractivity contribution < 1.29 is 4.79 Å². The highest BCUT2D eigenvalue weighted by Crippen LogP contribution is 2.33. The van der Waals surface area contributed by atoms with Crippen molar-refractivity contribution in [2.45, 2.75) is 51.0 Å². The molecule has 2 aliphatic rings. The lowest BCUT2D eigenvalue weighted by Crippen LogP contribution is -2.43. The van der Waals surface area contributed by atoms with Crippen molar-refractivity contribution in [3.8, 4) is 0 Å². The van der Waals surface area contributed by atoms with E-state index < -0.39 is 0 Å². The molecule has 0 spiro atoms. The zero-order valence-electron chi connectivity index (χ0n) is 18.4. The van der Waals surface area contributed by atoms with Gasteiger partial charge in [-0.15, -0.1) is 0 Å². The van der Waals surface area contributed by atoms with Crippen molar-refractivity contribution in [1.82, 2.24) is 15.1 Å². The van der Waals surface area contributed by atoms with E-state index in [1.54, 1.807) is 19.0 Å². The number of amides is 2. The molecule has 0 atom stereocenters. The molecule has 1 N–H and O–H groups in total. The van der Waals surface area contributed by atoms with Gasteiger partial charge in [-0.2, -0.15) is 0 Å². The Bertz CT molecular complexity index is 692. The van der Waals surface area contributed by atoms with Crippen LogP contribution in [-0.4, -0.2) is 68.7 Å². The van der Waals surface area contributed by atoms with Crippen LogP contribution in [0.2, 0.25) is 10.0 Å².